The topological polar surface area (TPSA) is 29.1 Å². The zero-order valence-corrected chi connectivity index (χ0v) is 13.4. The van der Waals surface area contributed by atoms with Crippen LogP contribution in [0.4, 0.5) is 5.69 Å². The molecule has 1 N–H and O–H groups in total. The van der Waals surface area contributed by atoms with Gasteiger partial charge in [-0.3, -0.25) is 4.79 Å². The van der Waals surface area contributed by atoms with Crippen LogP contribution in [0.15, 0.2) is 24.3 Å². The normalized spacial score (nSPS) is 17.2. The molecule has 1 aliphatic rings. The van der Waals surface area contributed by atoms with Gasteiger partial charge in [-0.2, -0.15) is 0 Å². The van der Waals surface area contributed by atoms with E-state index in [-0.39, 0.29) is 16.7 Å². The van der Waals surface area contributed by atoms with Crippen molar-refractivity contribution in [2.24, 2.45) is 5.41 Å². The number of rotatable bonds is 1. The highest BCUT2D eigenvalue weighted by molar-refractivity contribution is 5.90. The number of anilines is 1. The maximum Gasteiger partial charge on any atom is 0.221 e. The largest absolute Gasteiger partial charge is 0.326 e. The monoisotopic (exact) mass is 271 g/mol. The van der Waals surface area contributed by atoms with Crippen molar-refractivity contribution in [3.8, 4) is 0 Å². The zero-order chi connectivity index (χ0) is 15.1. The second kappa shape index (κ2) is 4.76. The lowest BCUT2D eigenvalue weighted by Crippen LogP contribution is -2.25. The second-order valence-corrected chi connectivity index (χ2v) is 7.40. The van der Waals surface area contributed by atoms with Gasteiger partial charge >= 0.3 is 0 Å². The molecule has 2 heteroatoms. The molecule has 1 aromatic rings. The summed E-state index contributed by atoms with van der Waals surface area (Å²) in [7, 11) is 0. The standard InChI is InChI=1S/C18H25NO/c1-12(20)19-13-7-8-16-14(11-13)15(17(2,3)4)9-10-18(16,5)6/h7-9,11H,10H2,1-6H3,(H,19,20). The van der Waals surface area contributed by atoms with Crippen molar-refractivity contribution in [3.05, 3.63) is 35.4 Å². The lowest BCUT2D eigenvalue weighted by Gasteiger charge is -2.36. The number of allylic oxidation sites excluding steroid dienone is 2. The van der Waals surface area contributed by atoms with Crippen LogP contribution in [0.2, 0.25) is 0 Å². The van der Waals surface area contributed by atoms with Crippen LogP contribution in [0.3, 0.4) is 0 Å². The summed E-state index contributed by atoms with van der Waals surface area (Å²) in [5, 5.41) is 2.89. The molecule has 2 rings (SSSR count). The van der Waals surface area contributed by atoms with Crippen molar-refractivity contribution >= 4 is 17.2 Å². The summed E-state index contributed by atoms with van der Waals surface area (Å²) in [4.78, 5) is 11.3. The Morgan fingerprint density at radius 1 is 1.25 bits per heavy atom. The Morgan fingerprint density at radius 2 is 1.90 bits per heavy atom. The number of fused-ring (bicyclic) bond motifs is 1. The SMILES string of the molecule is CC(=O)Nc1ccc2c(c1)C(C(C)(C)C)=CCC2(C)C. The first-order valence-electron chi connectivity index (χ1n) is 7.24. The third-order valence-corrected chi connectivity index (χ3v) is 3.98. The number of carbonyl (C=O) groups excluding carboxylic acids is 1. The Kier molecular flexibility index (Phi) is 3.53. The molecule has 0 unspecified atom stereocenters. The Morgan fingerprint density at radius 3 is 2.45 bits per heavy atom. The number of nitrogens with one attached hydrogen (secondary N) is 1. The number of hydrogen-bond acceptors (Lipinski definition) is 1. The van der Waals surface area contributed by atoms with E-state index in [2.05, 4.69) is 58.1 Å². The molecule has 0 saturated heterocycles. The molecule has 1 amide bonds. The Labute approximate surface area is 122 Å². The van der Waals surface area contributed by atoms with Crippen LogP contribution in [-0.4, -0.2) is 5.91 Å². The van der Waals surface area contributed by atoms with E-state index >= 15 is 0 Å². The van der Waals surface area contributed by atoms with Crippen LogP contribution < -0.4 is 5.32 Å². The van der Waals surface area contributed by atoms with E-state index in [1.807, 2.05) is 6.07 Å². The van der Waals surface area contributed by atoms with Crippen molar-refractivity contribution in [1.82, 2.24) is 0 Å². The van der Waals surface area contributed by atoms with Gasteiger partial charge in [0, 0.05) is 12.6 Å². The average Bonchev–Trinajstić information content (AvgIpc) is 2.25. The third kappa shape index (κ3) is 2.79. The van der Waals surface area contributed by atoms with Crippen molar-refractivity contribution in [2.75, 3.05) is 5.32 Å². The minimum atomic E-state index is -0.0266. The number of benzene rings is 1. The second-order valence-electron chi connectivity index (χ2n) is 7.40. The van der Waals surface area contributed by atoms with Crippen LogP contribution >= 0.6 is 0 Å². The third-order valence-electron chi connectivity index (χ3n) is 3.98. The average molecular weight is 271 g/mol. The molecule has 0 atom stereocenters. The van der Waals surface area contributed by atoms with Crippen molar-refractivity contribution in [2.45, 2.75) is 53.4 Å². The van der Waals surface area contributed by atoms with Crippen LogP contribution in [0.25, 0.3) is 5.57 Å². The van der Waals surface area contributed by atoms with Crippen LogP contribution in [-0.2, 0) is 10.2 Å². The molecule has 1 aromatic carbocycles. The fourth-order valence-corrected chi connectivity index (χ4v) is 2.93. The van der Waals surface area contributed by atoms with Gasteiger partial charge in [0.1, 0.15) is 0 Å². The fourth-order valence-electron chi connectivity index (χ4n) is 2.93. The van der Waals surface area contributed by atoms with E-state index in [1.165, 1.54) is 16.7 Å². The Balaban J connectivity index is 2.57. The molecule has 0 fully saturated rings. The van der Waals surface area contributed by atoms with Gasteiger partial charge < -0.3 is 5.32 Å². The smallest absolute Gasteiger partial charge is 0.221 e. The van der Waals surface area contributed by atoms with Gasteiger partial charge in [0.05, 0.1) is 0 Å². The Bertz CT molecular complexity index is 574. The summed E-state index contributed by atoms with van der Waals surface area (Å²) < 4.78 is 0. The molecule has 1 aliphatic carbocycles. The summed E-state index contributed by atoms with van der Waals surface area (Å²) in [6.07, 6.45) is 3.42. The van der Waals surface area contributed by atoms with Crippen LogP contribution in [0.1, 0.15) is 59.1 Å². The van der Waals surface area contributed by atoms with Gasteiger partial charge in [-0.15, -0.1) is 0 Å². The van der Waals surface area contributed by atoms with Crippen LogP contribution in [0, 0.1) is 5.41 Å². The predicted molar refractivity (Wildman–Crippen MR) is 85.8 cm³/mol. The molecule has 0 heterocycles. The molecular formula is C18H25NO. The summed E-state index contributed by atoms with van der Waals surface area (Å²) in [5.74, 6) is -0.0266. The highest BCUT2D eigenvalue weighted by atomic mass is 16.1. The van der Waals surface area contributed by atoms with Crippen molar-refractivity contribution in [3.63, 3.8) is 0 Å². The minimum absolute atomic E-state index is 0.0266. The van der Waals surface area contributed by atoms with Crippen molar-refractivity contribution < 1.29 is 4.79 Å². The van der Waals surface area contributed by atoms with Crippen LogP contribution in [0.5, 0.6) is 0 Å². The van der Waals surface area contributed by atoms with E-state index in [0.717, 1.165) is 12.1 Å². The van der Waals surface area contributed by atoms with E-state index in [0.29, 0.717) is 0 Å². The molecule has 0 spiro atoms. The molecular weight excluding hydrogens is 246 g/mol. The van der Waals surface area contributed by atoms with Crippen molar-refractivity contribution in [1.29, 1.82) is 0 Å². The molecule has 2 nitrogen and oxygen atoms in total. The van der Waals surface area contributed by atoms with E-state index in [9.17, 15) is 4.79 Å². The van der Waals surface area contributed by atoms with Gasteiger partial charge in [0.15, 0.2) is 0 Å². The summed E-state index contributed by atoms with van der Waals surface area (Å²) >= 11 is 0. The van der Waals surface area contributed by atoms with Gasteiger partial charge in [0.25, 0.3) is 0 Å². The summed E-state index contributed by atoms with van der Waals surface area (Å²) in [5.41, 5.74) is 5.17. The molecule has 108 valence electrons. The molecule has 0 radical (unpaired) electrons. The van der Waals surface area contributed by atoms with Gasteiger partial charge in [-0.25, -0.2) is 0 Å². The fraction of sp³-hybridized carbons (Fsp3) is 0.500. The number of carbonyl (C=O) groups is 1. The first-order chi connectivity index (χ1) is 9.11. The molecule has 0 aromatic heterocycles. The highest BCUT2D eigenvalue weighted by Gasteiger charge is 2.32. The molecule has 0 bridgehead atoms. The van der Waals surface area contributed by atoms with Gasteiger partial charge in [0.2, 0.25) is 5.91 Å². The predicted octanol–water partition coefficient (Wildman–Crippen LogP) is 4.76. The van der Waals surface area contributed by atoms with Gasteiger partial charge in [-0.1, -0.05) is 46.8 Å². The maximum atomic E-state index is 11.3. The minimum Gasteiger partial charge on any atom is -0.326 e. The van der Waals surface area contributed by atoms with E-state index in [4.69, 9.17) is 0 Å². The maximum absolute atomic E-state index is 11.3. The lowest BCUT2D eigenvalue weighted by atomic mass is 9.68. The summed E-state index contributed by atoms with van der Waals surface area (Å²) in [6.45, 7) is 12.8. The Hall–Kier alpha value is -1.57. The number of hydrogen-bond donors (Lipinski definition) is 1. The number of amides is 1. The van der Waals surface area contributed by atoms with E-state index in [1.54, 1.807) is 6.92 Å². The summed E-state index contributed by atoms with van der Waals surface area (Å²) in [6, 6.07) is 6.29. The quantitative estimate of drug-likeness (QED) is 0.784. The highest BCUT2D eigenvalue weighted by Crippen LogP contribution is 2.46. The zero-order valence-electron chi connectivity index (χ0n) is 13.4. The molecule has 20 heavy (non-hydrogen) atoms. The molecule has 0 aliphatic heterocycles. The first kappa shape index (κ1) is 14.8. The molecule has 0 saturated carbocycles. The first-order valence-corrected chi connectivity index (χ1v) is 7.24. The van der Waals surface area contributed by atoms with E-state index < -0.39 is 0 Å². The van der Waals surface area contributed by atoms with Gasteiger partial charge in [-0.05, 0) is 46.1 Å². The lowest BCUT2D eigenvalue weighted by molar-refractivity contribution is -0.114.